The number of carbonyl (C=O) groups excluding carboxylic acids is 3. The number of imide groups is 1. The topological polar surface area (TPSA) is 70.0 Å². The van der Waals surface area contributed by atoms with E-state index in [1.54, 1.807) is 42.6 Å². The van der Waals surface area contributed by atoms with E-state index < -0.39 is 47.5 Å². The van der Waals surface area contributed by atoms with Crippen LogP contribution in [-0.4, -0.2) is 34.9 Å². The average Bonchev–Trinajstić information content (AvgIpc) is 3.36. The molecule has 0 unspecified atom stereocenters. The highest BCUT2D eigenvalue weighted by Crippen LogP contribution is 2.53. The van der Waals surface area contributed by atoms with Gasteiger partial charge in [-0.25, -0.2) is 4.90 Å². The molecule has 3 aliphatic heterocycles. The number of rotatable bonds is 3. The van der Waals surface area contributed by atoms with Gasteiger partial charge in [-0.1, -0.05) is 60.7 Å². The van der Waals surface area contributed by atoms with Gasteiger partial charge in [0.05, 0.1) is 35.3 Å². The van der Waals surface area contributed by atoms with Gasteiger partial charge in [0.15, 0.2) is 5.78 Å². The first-order valence-corrected chi connectivity index (χ1v) is 11.3. The number of ketones is 1. The molecule has 0 N–H and O–H groups in total. The second-order valence-electron chi connectivity index (χ2n) is 8.98. The molecule has 2 saturated heterocycles. The van der Waals surface area contributed by atoms with E-state index >= 15 is 0 Å². The zero-order valence-electron chi connectivity index (χ0n) is 18.6. The number of fused-ring (bicyclic) bond motifs is 5. The van der Waals surface area contributed by atoms with Crippen LogP contribution < -0.4 is 4.90 Å². The molecule has 3 aromatic carbocycles. The first kappa shape index (κ1) is 22.2. The van der Waals surface area contributed by atoms with E-state index in [9.17, 15) is 27.6 Å². The summed E-state index contributed by atoms with van der Waals surface area (Å²) in [5.74, 6) is -3.82. The minimum Gasteiger partial charge on any atom is -0.292 e. The van der Waals surface area contributed by atoms with Crippen molar-refractivity contribution in [2.24, 2.45) is 16.9 Å². The number of hydrogen-bond acceptors (Lipinski definition) is 5. The molecule has 36 heavy (non-hydrogen) atoms. The lowest BCUT2D eigenvalue weighted by Crippen LogP contribution is -2.44. The third-order valence-electron chi connectivity index (χ3n) is 7.05. The molecule has 180 valence electrons. The highest BCUT2D eigenvalue weighted by atomic mass is 19.4. The summed E-state index contributed by atoms with van der Waals surface area (Å²) in [7, 11) is 0. The maximum absolute atomic E-state index is 13.8. The first-order chi connectivity index (χ1) is 17.3. The van der Waals surface area contributed by atoms with Crippen LogP contribution in [0.5, 0.6) is 0 Å². The Balaban J connectivity index is 1.49. The highest BCUT2D eigenvalue weighted by molar-refractivity contribution is 6.24. The molecule has 3 aliphatic rings. The van der Waals surface area contributed by atoms with Crippen LogP contribution in [0.15, 0.2) is 84.0 Å². The maximum atomic E-state index is 13.8. The fraction of sp³-hybridized carbons (Fsp3) is 0.185. The molecule has 0 spiro atoms. The summed E-state index contributed by atoms with van der Waals surface area (Å²) in [6, 6.07) is 18.0. The van der Waals surface area contributed by atoms with Crippen molar-refractivity contribution in [2.45, 2.75) is 18.3 Å². The molecule has 6 rings (SSSR count). The van der Waals surface area contributed by atoms with E-state index in [4.69, 9.17) is 0 Å². The summed E-state index contributed by atoms with van der Waals surface area (Å²) in [6.45, 7) is 0. The van der Waals surface area contributed by atoms with Gasteiger partial charge in [-0.05, 0) is 29.3 Å². The summed E-state index contributed by atoms with van der Waals surface area (Å²) >= 11 is 0. The van der Waals surface area contributed by atoms with Gasteiger partial charge in [-0.15, -0.1) is 0 Å². The Morgan fingerprint density at radius 2 is 1.53 bits per heavy atom. The highest BCUT2D eigenvalue weighted by Gasteiger charge is 2.65. The van der Waals surface area contributed by atoms with Crippen molar-refractivity contribution in [3.63, 3.8) is 0 Å². The zero-order chi connectivity index (χ0) is 25.2. The number of alkyl halides is 3. The molecule has 3 aromatic rings. The number of carbonyl (C=O) groups is 3. The summed E-state index contributed by atoms with van der Waals surface area (Å²) in [4.78, 5) is 42.0. The summed E-state index contributed by atoms with van der Waals surface area (Å²) < 4.78 is 40.1. The van der Waals surface area contributed by atoms with Gasteiger partial charge in [0, 0.05) is 5.56 Å². The second-order valence-corrected chi connectivity index (χ2v) is 8.98. The van der Waals surface area contributed by atoms with Crippen molar-refractivity contribution < 1.29 is 27.6 Å². The van der Waals surface area contributed by atoms with Gasteiger partial charge in [0.25, 0.3) is 0 Å². The van der Waals surface area contributed by atoms with E-state index in [0.717, 1.165) is 34.2 Å². The van der Waals surface area contributed by atoms with Crippen molar-refractivity contribution in [1.29, 1.82) is 0 Å². The fourth-order valence-electron chi connectivity index (χ4n) is 5.52. The average molecular weight is 489 g/mol. The molecular formula is C27H18F3N3O3. The number of nitrogens with zero attached hydrogens (tertiary/aromatic N) is 3. The predicted octanol–water partition coefficient (Wildman–Crippen LogP) is 4.47. The van der Waals surface area contributed by atoms with Crippen molar-refractivity contribution in [3.8, 4) is 0 Å². The van der Waals surface area contributed by atoms with Crippen molar-refractivity contribution >= 4 is 29.5 Å². The molecule has 0 bridgehead atoms. The van der Waals surface area contributed by atoms with Gasteiger partial charge in [0.1, 0.15) is 6.04 Å². The molecule has 6 nitrogen and oxygen atoms in total. The van der Waals surface area contributed by atoms with E-state index in [2.05, 4.69) is 5.10 Å². The van der Waals surface area contributed by atoms with Crippen LogP contribution >= 0.6 is 0 Å². The van der Waals surface area contributed by atoms with Crippen molar-refractivity contribution in [3.05, 3.63) is 101 Å². The standard InChI is InChI=1S/C27H18F3N3O3/c28-27(29,30)17-10-6-11-18(13-17)32-25(35)20-21(26(32)36)23(24(34)15-7-2-1-3-8-15)33-22(20)19-12-5-4-9-16(19)14-31-33/h1-14,20-23H/t20-,21+,22+,23-/m0/s1. The largest absolute Gasteiger partial charge is 0.416 e. The monoisotopic (exact) mass is 489 g/mol. The molecule has 0 aliphatic carbocycles. The van der Waals surface area contributed by atoms with Gasteiger partial charge >= 0.3 is 6.18 Å². The van der Waals surface area contributed by atoms with Crippen LogP contribution in [0.4, 0.5) is 18.9 Å². The lowest BCUT2D eigenvalue weighted by atomic mass is 9.83. The lowest BCUT2D eigenvalue weighted by Gasteiger charge is -2.33. The van der Waals surface area contributed by atoms with Gasteiger partial charge in [-0.2, -0.15) is 18.3 Å². The molecule has 9 heteroatoms. The molecule has 0 saturated carbocycles. The fourth-order valence-corrected chi connectivity index (χ4v) is 5.52. The van der Waals surface area contributed by atoms with Crippen molar-refractivity contribution in [2.75, 3.05) is 4.90 Å². The Kier molecular flexibility index (Phi) is 4.86. The SMILES string of the molecule is O=C(c1ccccc1)[C@@H]1[C@@H]2C(=O)N(c3cccc(C(F)(F)F)c3)C(=O)[C@@H]2[C@H]2c3ccccc3C=NN12. The first-order valence-electron chi connectivity index (χ1n) is 11.3. The molecule has 2 fully saturated rings. The lowest BCUT2D eigenvalue weighted by molar-refractivity contribution is -0.137. The Morgan fingerprint density at radius 1 is 0.833 bits per heavy atom. The number of halogens is 3. The van der Waals surface area contributed by atoms with E-state index in [0.29, 0.717) is 5.56 Å². The normalized spacial score (nSPS) is 24.5. The van der Waals surface area contributed by atoms with E-state index in [1.807, 2.05) is 18.2 Å². The van der Waals surface area contributed by atoms with Gasteiger partial charge < -0.3 is 0 Å². The smallest absolute Gasteiger partial charge is 0.292 e. The van der Waals surface area contributed by atoms with Crippen LogP contribution in [0.2, 0.25) is 0 Å². The minimum atomic E-state index is -4.64. The zero-order valence-corrected chi connectivity index (χ0v) is 18.6. The number of hydrogen-bond donors (Lipinski definition) is 0. The number of benzene rings is 3. The predicted molar refractivity (Wildman–Crippen MR) is 124 cm³/mol. The third kappa shape index (κ3) is 3.19. The van der Waals surface area contributed by atoms with E-state index in [-0.39, 0.29) is 11.5 Å². The molecule has 0 radical (unpaired) electrons. The molecule has 2 amide bonds. The number of Topliss-reactive ketones (excluding diaryl/α,β-unsaturated/α-hetero) is 1. The van der Waals surface area contributed by atoms with Crippen LogP contribution in [-0.2, 0) is 15.8 Å². The van der Waals surface area contributed by atoms with Crippen LogP contribution in [0.3, 0.4) is 0 Å². The third-order valence-corrected chi connectivity index (χ3v) is 7.05. The van der Waals surface area contributed by atoms with Crippen molar-refractivity contribution in [1.82, 2.24) is 5.01 Å². The Morgan fingerprint density at radius 3 is 2.28 bits per heavy atom. The summed E-state index contributed by atoms with van der Waals surface area (Å²) in [6.07, 6.45) is -3.05. The number of amides is 2. The Hall–Kier alpha value is -4.27. The minimum absolute atomic E-state index is 0.167. The van der Waals surface area contributed by atoms with E-state index in [1.165, 1.54) is 11.1 Å². The molecular weight excluding hydrogens is 471 g/mol. The molecule has 3 heterocycles. The summed E-state index contributed by atoms with van der Waals surface area (Å²) in [5.41, 5.74) is 0.706. The van der Waals surface area contributed by atoms with Gasteiger partial charge in [0.2, 0.25) is 11.8 Å². The van der Waals surface area contributed by atoms with Gasteiger partial charge in [-0.3, -0.25) is 19.4 Å². The number of anilines is 1. The maximum Gasteiger partial charge on any atom is 0.416 e. The Labute approximate surface area is 203 Å². The number of hydrazone groups is 1. The van der Waals surface area contributed by atoms with Crippen LogP contribution in [0, 0.1) is 11.8 Å². The second kappa shape index (κ2) is 7.87. The quantitative estimate of drug-likeness (QED) is 0.402. The molecule has 4 atom stereocenters. The molecule has 0 aromatic heterocycles. The summed E-state index contributed by atoms with van der Waals surface area (Å²) in [5, 5.41) is 5.99. The van der Waals surface area contributed by atoms with Crippen LogP contribution in [0.25, 0.3) is 0 Å². The van der Waals surface area contributed by atoms with Crippen LogP contribution in [0.1, 0.15) is 33.1 Å². The Bertz CT molecular complexity index is 1440.